The van der Waals surface area contributed by atoms with E-state index >= 15 is 0 Å². The highest BCUT2D eigenvalue weighted by atomic mass is 16.5. The van der Waals surface area contributed by atoms with E-state index in [1.165, 1.54) is 5.56 Å². The van der Waals surface area contributed by atoms with E-state index in [0.29, 0.717) is 47.7 Å². The molecule has 0 fully saturated rings. The van der Waals surface area contributed by atoms with Crippen molar-refractivity contribution in [2.75, 3.05) is 18.5 Å². The van der Waals surface area contributed by atoms with Crippen LogP contribution in [0, 0.1) is 0 Å². The zero-order chi connectivity index (χ0) is 21.8. The zero-order valence-electron chi connectivity index (χ0n) is 17.7. The third kappa shape index (κ3) is 3.92. The van der Waals surface area contributed by atoms with Crippen molar-refractivity contribution in [2.45, 2.75) is 13.3 Å². The van der Waals surface area contributed by atoms with Crippen LogP contribution in [-0.2, 0) is 6.42 Å². The Morgan fingerprint density at radius 2 is 1.69 bits per heavy atom. The van der Waals surface area contributed by atoms with Crippen LogP contribution in [0.25, 0.3) is 28.4 Å². The van der Waals surface area contributed by atoms with Crippen LogP contribution in [0.5, 0.6) is 6.01 Å². The average molecular weight is 425 g/mol. The lowest BCUT2D eigenvalue weighted by Crippen LogP contribution is -2.08. The van der Waals surface area contributed by atoms with E-state index in [-0.39, 0.29) is 0 Å². The number of para-hydroxylation sites is 1. The molecule has 0 saturated carbocycles. The lowest BCUT2D eigenvalue weighted by molar-refractivity contribution is 0.298. The molecule has 0 spiro atoms. The second kappa shape index (κ2) is 8.93. The fourth-order valence-corrected chi connectivity index (χ4v) is 3.59. The Balaban J connectivity index is 1.59. The van der Waals surface area contributed by atoms with Crippen molar-refractivity contribution in [1.29, 1.82) is 0 Å². The van der Waals surface area contributed by atoms with Gasteiger partial charge in [-0.1, -0.05) is 48.5 Å². The Morgan fingerprint density at radius 1 is 0.906 bits per heavy atom. The Kier molecular flexibility index (Phi) is 5.53. The molecule has 3 aromatic heterocycles. The number of hydrogen-bond donors (Lipinski definition) is 1. The molecule has 2 aromatic carbocycles. The van der Waals surface area contributed by atoms with Crippen LogP contribution in [0.2, 0.25) is 0 Å². The number of hydrogen-bond acceptors (Lipinski definition) is 6. The van der Waals surface area contributed by atoms with E-state index in [1.54, 1.807) is 6.26 Å². The maximum atomic E-state index is 5.97. The number of fused-ring (bicyclic) bond motifs is 1. The third-order valence-corrected chi connectivity index (χ3v) is 5.05. The second-order valence-corrected chi connectivity index (χ2v) is 7.23. The van der Waals surface area contributed by atoms with E-state index in [1.807, 2.05) is 72.2 Å². The molecule has 0 unspecified atom stereocenters. The first-order valence-corrected chi connectivity index (χ1v) is 10.6. The van der Waals surface area contributed by atoms with Gasteiger partial charge in [-0.15, -0.1) is 0 Å². The van der Waals surface area contributed by atoms with Crippen molar-refractivity contribution in [3.8, 4) is 23.3 Å². The maximum Gasteiger partial charge on any atom is 0.320 e. The van der Waals surface area contributed by atoms with Crippen molar-refractivity contribution in [3.63, 3.8) is 0 Å². The van der Waals surface area contributed by atoms with Gasteiger partial charge in [0.05, 0.1) is 12.9 Å². The summed E-state index contributed by atoms with van der Waals surface area (Å²) in [5.74, 6) is 1.95. The van der Waals surface area contributed by atoms with Crippen LogP contribution < -0.4 is 10.1 Å². The van der Waals surface area contributed by atoms with Gasteiger partial charge in [-0.3, -0.25) is 4.57 Å². The molecule has 7 nitrogen and oxygen atoms in total. The van der Waals surface area contributed by atoms with Gasteiger partial charge in [0.25, 0.3) is 0 Å². The van der Waals surface area contributed by atoms with E-state index in [2.05, 4.69) is 22.4 Å². The number of imidazole rings is 1. The Labute approximate surface area is 185 Å². The molecule has 32 heavy (non-hydrogen) atoms. The summed E-state index contributed by atoms with van der Waals surface area (Å²) in [6.45, 7) is 3.20. The Bertz CT molecular complexity index is 1300. The van der Waals surface area contributed by atoms with E-state index < -0.39 is 0 Å². The molecule has 0 bridgehead atoms. The number of anilines is 1. The highest BCUT2D eigenvalue weighted by Crippen LogP contribution is 2.31. The van der Waals surface area contributed by atoms with Gasteiger partial charge in [0.15, 0.2) is 28.6 Å². The van der Waals surface area contributed by atoms with Crippen molar-refractivity contribution >= 4 is 17.0 Å². The van der Waals surface area contributed by atoms with E-state index in [0.717, 1.165) is 12.1 Å². The molecule has 0 saturated heterocycles. The first-order valence-electron chi connectivity index (χ1n) is 10.6. The second-order valence-electron chi connectivity index (χ2n) is 7.23. The van der Waals surface area contributed by atoms with Gasteiger partial charge >= 0.3 is 6.01 Å². The van der Waals surface area contributed by atoms with Crippen molar-refractivity contribution in [3.05, 3.63) is 84.6 Å². The third-order valence-electron chi connectivity index (χ3n) is 5.05. The topological polar surface area (TPSA) is 78.0 Å². The lowest BCUT2D eigenvalue weighted by Gasteiger charge is -2.10. The molecule has 7 heteroatoms. The smallest absolute Gasteiger partial charge is 0.320 e. The molecule has 0 aliphatic rings. The summed E-state index contributed by atoms with van der Waals surface area (Å²) in [6, 6.07) is 24.2. The molecule has 0 aliphatic carbocycles. The summed E-state index contributed by atoms with van der Waals surface area (Å²) >= 11 is 0. The van der Waals surface area contributed by atoms with Crippen LogP contribution in [0.3, 0.4) is 0 Å². The van der Waals surface area contributed by atoms with Gasteiger partial charge in [0.1, 0.15) is 0 Å². The summed E-state index contributed by atoms with van der Waals surface area (Å²) < 4.78 is 13.6. The minimum Gasteiger partial charge on any atom is -0.463 e. The quantitative estimate of drug-likeness (QED) is 0.371. The molecule has 3 heterocycles. The molecule has 0 amide bonds. The van der Waals surface area contributed by atoms with Gasteiger partial charge < -0.3 is 14.5 Å². The molecular formula is C25H23N5O2. The number of nitrogens with zero attached hydrogens (tertiary/aromatic N) is 4. The summed E-state index contributed by atoms with van der Waals surface area (Å²) in [7, 11) is 0. The van der Waals surface area contributed by atoms with Crippen LogP contribution in [0.1, 0.15) is 12.5 Å². The normalized spacial score (nSPS) is 11.0. The molecule has 160 valence electrons. The van der Waals surface area contributed by atoms with Crippen molar-refractivity contribution in [1.82, 2.24) is 19.5 Å². The number of rotatable bonds is 8. The largest absolute Gasteiger partial charge is 0.463 e. The molecule has 0 radical (unpaired) electrons. The Hall–Kier alpha value is -4.13. The number of aromatic nitrogens is 4. The van der Waals surface area contributed by atoms with Crippen LogP contribution in [0.4, 0.5) is 5.82 Å². The molecule has 1 N–H and O–H groups in total. The number of benzene rings is 2. The highest BCUT2D eigenvalue weighted by Gasteiger charge is 2.22. The van der Waals surface area contributed by atoms with Gasteiger partial charge in [0, 0.05) is 18.7 Å². The fraction of sp³-hybridized carbons (Fsp3) is 0.160. The predicted octanol–water partition coefficient (Wildman–Crippen LogP) is 5.13. The molecular weight excluding hydrogens is 402 g/mol. The van der Waals surface area contributed by atoms with Crippen LogP contribution in [0.15, 0.2) is 83.5 Å². The zero-order valence-corrected chi connectivity index (χ0v) is 17.7. The van der Waals surface area contributed by atoms with Crippen LogP contribution in [-0.4, -0.2) is 32.7 Å². The molecule has 5 rings (SSSR count). The summed E-state index contributed by atoms with van der Waals surface area (Å²) in [4.78, 5) is 14.2. The minimum absolute atomic E-state index is 0.312. The van der Waals surface area contributed by atoms with Crippen molar-refractivity contribution in [2.24, 2.45) is 0 Å². The van der Waals surface area contributed by atoms with Gasteiger partial charge in [0.2, 0.25) is 0 Å². The predicted molar refractivity (Wildman–Crippen MR) is 124 cm³/mol. The average Bonchev–Trinajstić information content (AvgIpc) is 3.49. The summed E-state index contributed by atoms with van der Waals surface area (Å²) in [5, 5.41) is 3.30. The molecule has 0 aliphatic heterocycles. The highest BCUT2D eigenvalue weighted by molar-refractivity contribution is 5.88. The standard InChI is InChI=1S/C25H23N5O2/c1-2-26-22-21-24(29-25(28-22)32-17-15-18-10-5-3-6-11-18)30(19-12-7-4-8-13-19)23(27-21)20-14-9-16-31-20/h3-14,16H,2,15,17H2,1H3,(H,26,28,29). The number of nitrogens with one attached hydrogen (secondary N) is 1. The Morgan fingerprint density at radius 3 is 2.41 bits per heavy atom. The first kappa shape index (κ1) is 19.8. The summed E-state index contributed by atoms with van der Waals surface area (Å²) in [5.41, 5.74) is 3.45. The maximum absolute atomic E-state index is 5.97. The fourth-order valence-electron chi connectivity index (χ4n) is 3.59. The molecule has 5 aromatic rings. The SMILES string of the molecule is CCNc1nc(OCCc2ccccc2)nc2c1nc(-c1ccco1)n2-c1ccccc1. The summed E-state index contributed by atoms with van der Waals surface area (Å²) in [6.07, 6.45) is 2.41. The number of ether oxygens (including phenoxy) is 1. The van der Waals surface area contributed by atoms with Gasteiger partial charge in [-0.2, -0.15) is 9.97 Å². The number of furan rings is 1. The monoisotopic (exact) mass is 425 g/mol. The van der Waals surface area contributed by atoms with Crippen LogP contribution >= 0.6 is 0 Å². The van der Waals surface area contributed by atoms with Gasteiger partial charge in [-0.25, -0.2) is 4.98 Å². The van der Waals surface area contributed by atoms with E-state index in [4.69, 9.17) is 19.1 Å². The van der Waals surface area contributed by atoms with Gasteiger partial charge in [-0.05, 0) is 36.8 Å². The first-order chi connectivity index (χ1) is 15.8. The molecule has 0 atom stereocenters. The van der Waals surface area contributed by atoms with E-state index in [9.17, 15) is 0 Å². The van der Waals surface area contributed by atoms with Crippen molar-refractivity contribution < 1.29 is 9.15 Å². The minimum atomic E-state index is 0.312. The lowest BCUT2D eigenvalue weighted by atomic mass is 10.2.